The number of anilines is 2. The lowest BCUT2D eigenvalue weighted by molar-refractivity contribution is 1.02. The lowest BCUT2D eigenvalue weighted by Crippen LogP contribution is -2.15. The summed E-state index contributed by atoms with van der Waals surface area (Å²) in [5.74, 6) is 0. The van der Waals surface area contributed by atoms with E-state index in [1.807, 2.05) is 0 Å². The van der Waals surface area contributed by atoms with Crippen LogP contribution in [-0.2, 0) is 6.42 Å². The zero-order valence-corrected chi connectivity index (χ0v) is 29.9. The molecule has 0 bridgehead atoms. The zero-order valence-electron chi connectivity index (χ0n) is 29.9. The SMILES string of the molecule is C=C(/C=C\C(=C/C)C1=CCCC=C1)N(c1ccc(-c2ccccc2)cc1)c1cc(C/C=C\C=C/CC)c(-c2ccccc2)c(-c2ccccc2)c1. The highest BCUT2D eigenvalue weighted by Gasteiger charge is 2.19. The summed E-state index contributed by atoms with van der Waals surface area (Å²) in [6, 6.07) is 45.7. The van der Waals surface area contributed by atoms with Gasteiger partial charge in [-0.1, -0.05) is 171 Å². The molecule has 0 saturated heterocycles. The molecule has 0 unspecified atom stereocenters. The fourth-order valence-corrected chi connectivity index (χ4v) is 6.62. The van der Waals surface area contributed by atoms with Gasteiger partial charge in [0.25, 0.3) is 0 Å². The van der Waals surface area contributed by atoms with Gasteiger partial charge in [0.15, 0.2) is 0 Å². The minimum absolute atomic E-state index is 0.790. The molecule has 5 aromatic carbocycles. The molecule has 51 heavy (non-hydrogen) atoms. The Hall–Kier alpha value is -5.92. The number of hydrogen-bond donors (Lipinski definition) is 0. The average molecular weight is 662 g/mol. The maximum Gasteiger partial charge on any atom is 0.0470 e. The van der Waals surface area contributed by atoms with Crippen molar-refractivity contribution in [2.24, 2.45) is 0 Å². The first-order chi connectivity index (χ1) is 25.2. The van der Waals surface area contributed by atoms with E-state index in [0.29, 0.717) is 0 Å². The highest BCUT2D eigenvalue weighted by Crippen LogP contribution is 2.42. The number of rotatable bonds is 13. The molecule has 6 rings (SSSR count). The van der Waals surface area contributed by atoms with Gasteiger partial charge in [-0.25, -0.2) is 0 Å². The second kappa shape index (κ2) is 17.7. The van der Waals surface area contributed by atoms with Gasteiger partial charge in [0.2, 0.25) is 0 Å². The van der Waals surface area contributed by atoms with Crippen LogP contribution in [0.25, 0.3) is 33.4 Å². The molecule has 0 heterocycles. The summed E-state index contributed by atoms with van der Waals surface area (Å²) in [6.07, 6.45) is 26.1. The molecule has 0 aromatic heterocycles. The van der Waals surface area contributed by atoms with E-state index in [1.54, 1.807) is 0 Å². The molecule has 1 heteroatoms. The van der Waals surface area contributed by atoms with Crippen LogP contribution in [-0.4, -0.2) is 0 Å². The average Bonchev–Trinajstić information content (AvgIpc) is 3.19. The van der Waals surface area contributed by atoms with Gasteiger partial charge in [0.1, 0.15) is 0 Å². The van der Waals surface area contributed by atoms with E-state index in [2.05, 4.69) is 207 Å². The lowest BCUT2D eigenvalue weighted by atomic mass is 9.88. The van der Waals surface area contributed by atoms with Crippen LogP contribution in [0.15, 0.2) is 212 Å². The summed E-state index contributed by atoms with van der Waals surface area (Å²) in [7, 11) is 0. The Kier molecular flexibility index (Phi) is 12.1. The van der Waals surface area contributed by atoms with Crippen LogP contribution in [0.1, 0.15) is 38.7 Å². The first-order valence-corrected chi connectivity index (χ1v) is 18.1. The van der Waals surface area contributed by atoms with Crippen LogP contribution in [0.3, 0.4) is 0 Å². The van der Waals surface area contributed by atoms with Crippen molar-refractivity contribution in [3.8, 4) is 33.4 Å². The number of benzene rings is 5. The van der Waals surface area contributed by atoms with Gasteiger partial charge in [0.05, 0.1) is 0 Å². The summed E-state index contributed by atoms with van der Waals surface area (Å²) >= 11 is 0. The summed E-state index contributed by atoms with van der Waals surface area (Å²) in [4.78, 5) is 2.30. The van der Waals surface area contributed by atoms with Crippen molar-refractivity contribution in [3.63, 3.8) is 0 Å². The van der Waals surface area contributed by atoms with E-state index in [-0.39, 0.29) is 0 Å². The van der Waals surface area contributed by atoms with Crippen LogP contribution in [0.4, 0.5) is 11.4 Å². The first-order valence-electron chi connectivity index (χ1n) is 18.1. The molecule has 0 radical (unpaired) electrons. The molecule has 252 valence electrons. The Bertz CT molecular complexity index is 2090. The van der Waals surface area contributed by atoms with Gasteiger partial charge >= 0.3 is 0 Å². The maximum atomic E-state index is 4.70. The van der Waals surface area contributed by atoms with E-state index < -0.39 is 0 Å². The molecular weight excluding hydrogens is 615 g/mol. The largest absolute Gasteiger partial charge is 0.311 e. The Balaban J connectivity index is 1.53. The highest BCUT2D eigenvalue weighted by molar-refractivity contribution is 5.90. The third-order valence-corrected chi connectivity index (χ3v) is 9.18. The molecule has 0 fully saturated rings. The molecule has 5 aromatic rings. The molecule has 0 spiro atoms. The van der Waals surface area contributed by atoms with Gasteiger partial charge < -0.3 is 4.90 Å². The van der Waals surface area contributed by atoms with Gasteiger partial charge in [-0.2, -0.15) is 0 Å². The summed E-state index contributed by atoms with van der Waals surface area (Å²) < 4.78 is 0. The second-order valence-corrected chi connectivity index (χ2v) is 12.7. The van der Waals surface area contributed by atoms with Crippen LogP contribution in [0.5, 0.6) is 0 Å². The van der Waals surface area contributed by atoms with Crippen molar-refractivity contribution in [2.75, 3.05) is 4.90 Å². The molecule has 0 N–H and O–H groups in total. The van der Waals surface area contributed by atoms with Crippen LogP contribution >= 0.6 is 0 Å². The molecule has 1 nitrogen and oxygen atoms in total. The Morgan fingerprint density at radius 3 is 1.92 bits per heavy atom. The summed E-state index contributed by atoms with van der Waals surface area (Å²) in [6.45, 7) is 8.97. The smallest absolute Gasteiger partial charge is 0.0470 e. The third-order valence-electron chi connectivity index (χ3n) is 9.18. The van der Waals surface area contributed by atoms with Crippen LogP contribution < -0.4 is 4.90 Å². The molecule has 0 saturated carbocycles. The minimum Gasteiger partial charge on any atom is -0.311 e. The van der Waals surface area contributed by atoms with Gasteiger partial charge in [-0.3, -0.25) is 0 Å². The molecule has 1 aliphatic carbocycles. The second-order valence-electron chi connectivity index (χ2n) is 12.7. The minimum atomic E-state index is 0.790. The van der Waals surface area contributed by atoms with Gasteiger partial charge in [0, 0.05) is 17.1 Å². The Morgan fingerprint density at radius 1 is 0.667 bits per heavy atom. The standard InChI is InChI=1S/C50H47N/c1-4-6-7-8-13-30-46-37-48(38-49(44-26-18-11-19-27-44)50(46)45-28-20-12-21-29-45)51(39(3)31-32-40(5-2)41-22-14-9-15-23-41)47-35-33-43(34-36-47)42-24-16-10-17-25-42/h5-8,10-14,16-29,31-38H,3-4,9,15,30H2,1-2H3/b7-6-,13-8-,32-31-,40-5+. The third kappa shape index (κ3) is 8.82. The van der Waals surface area contributed by atoms with Crippen molar-refractivity contribution >= 4 is 11.4 Å². The number of nitrogens with zero attached hydrogens (tertiary/aromatic N) is 1. The summed E-state index contributed by atoms with van der Waals surface area (Å²) in [5.41, 5.74) is 14.0. The zero-order chi connectivity index (χ0) is 35.3. The Labute approximate surface area is 305 Å². The predicted octanol–water partition coefficient (Wildman–Crippen LogP) is 14.2. The van der Waals surface area contributed by atoms with E-state index in [1.165, 1.54) is 50.1 Å². The van der Waals surface area contributed by atoms with Gasteiger partial charge in [-0.05, 0) is 113 Å². The van der Waals surface area contributed by atoms with Gasteiger partial charge in [-0.15, -0.1) is 0 Å². The molecule has 1 aliphatic rings. The van der Waals surface area contributed by atoms with E-state index >= 15 is 0 Å². The highest BCUT2D eigenvalue weighted by atomic mass is 15.1. The van der Waals surface area contributed by atoms with Crippen molar-refractivity contribution in [1.82, 2.24) is 0 Å². The van der Waals surface area contributed by atoms with E-state index in [9.17, 15) is 0 Å². The molecule has 0 aliphatic heterocycles. The number of allylic oxidation sites excluding steroid dienone is 12. The van der Waals surface area contributed by atoms with Crippen molar-refractivity contribution in [3.05, 3.63) is 217 Å². The van der Waals surface area contributed by atoms with Crippen molar-refractivity contribution in [1.29, 1.82) is 0 Å². The molecular formula is C50H47N. The first kappa shape index (κ1) is 34.9. The lowest BCUT2D eigenvalue weighted by Gasteiger charge is -2.28. The van der Waals surface area contributed by atoms with Crippen LogP contribution in [0.2, 0.25) is 0 Å². The van der Waals surface area contributed by atoms with E-state index in [0.717, 1.165) is 42.8 Å². The summed E-state index contributed by atoms with van der Waals surface area (Å²) in [5, 5.41) is 0. The fraction of sp³-hybridized carbons (Fsp3) is 0.120. The van der Waals surface area contributed by atoms with Crippen molar-refractivity contribution < 1.29 is 0 Å². The molecule has 0 amide bonds. The molecule has 0 atom stereocenters. The van der Waals surface area contributed by atoms with Crippen LogP contribution in [0, 0.1) is 0 Å². The van der Waals surface area contributed by atoms with Crippen molar-refractivity contribution in [2.45, 2.75) is 39.5 Å². The number of hydrogen-bond acceptors (Lipinski definition) is 1. The predicted molar refractivity (Wildman–Crippen MR) is 222 cm³/mol. The van der Waals surface area contributed by atoms with E-state index in [4.69, 9.17) is 6.58 Å². The monoisotopic (exact) mass is 661 g/mol. The normalized spacial score (nSPS) is 13.3. The Morgan fingerprint density at radius 2 is 1.29 bits per heavy atom. The maximum absolute atomic E-state index is 4.70. The quantitative estimate of drug-likeness (QED) is 0.114. The fourth-order valence-electron chi connectivity index (χ4n) is 6.62. The topological polar surface area (TPSA) is 3.24 Å².